The van der Waals surface area contributed by atoms with Crippen LogP contribution in [0.15, 0.2) is 24.3 Å². The average Bonchev–Trinajstić information content (AvgIpc) is 2.29. The van der Waals surface area contributed by atoms with E-state index in [0.717, 1.165) is 5.75 Å². The Morgan fingerprint density at radius 3 is 2.40 bits per heavy atom. The van der Waals surface area contributed by atoms with Gasteiger partial charge in [0.2, 0.25) is 0 Å². The van der Waals surface area contributed by atoms with Crippen molar-refractivity contribution in [3.63, 3.8) is 0 Å². The Labute approximate surface area is 97.4 Å². The molecule has 0 N–H and O–H groups in total. The number of alkyl halides is 1. The maximum atomic E-state index is 5.93. The van der Waals surface area contributed by atoms with Crippen molar-refractivity contribution in [3.8, 4) is 17.7 Å². The first-order valence-corrected chi connectivity index (χ1v) is 8.17. The third-order valence-corrected chi connectivity index (χ3v) is 6.77. The van der Waals surface area contributed by atoms with Gasteiger partial charge in [-0.05, 0) is 24.2 Å². The molecule has 0 aliphatic rings. The Bertz CT molecular complexity index is 355. The van der Waals surface area contributed by atoms with Crippen LogP contribution in [0.25, 0.3) is 0 Å². The first-order valence-electron chi connectivity index (χ1n) is 4.93. The van der Waals surface area contributed by atoms with Crippen LogP contribution >= 0.6 is 11.6 Å². The molecule has 80 valence electrons. The molecule has 1 atom stereocenters. The van der Waals surface area contributed by atoms with Crippen molar-refractivity contribution in [2.75, 3.05) is 12.1 Å². The fourth-order valence-electron chi connectivity index (χ4n) is 1.28. The van der Waals surface area contributed by atoms with Crippen LogP contribution in [-0.2, 0) is 0 Å². The molecule has 0 amide bonds. The highest BCUT2D eigenvalue weighted by molar-refractivity contribution is 7.01. The Balaban J connectivity index is 2.93. The molecule has 3 heteroatoms. The van der Waals surface area contributed by atoms with Gasteiger partial charge in [0, 0.05) is 5.50 Å². The van der Waals surface area contributed by atoms with Gasteiger partial charge in [-0.25, -0.2) is 0 Å². The van der Waals surface area contributed by atoms with Gasteiger partial charge in [0.05, 0.1) is 6.61 Å². The van der Waals surface area contributed by atoms with Crippen molar-refractivity contribution >= 4 is 24.9 Å². The number of benzene rings is 1. The lowest BCUT2D eigenvalue weighted by Crippen LogP contribution is -2.45. The number of rotatable bonds is 4. The van der Waals surface area contributed by atoms with E-state index in [1.54, 1.807) is 0 Å². The standard InChI is InChI=1S/C12H15ClOSi/c1-4-14-11-6-8-12(9-7-11)15(3,5-2)10-13/h2,6-9H,4,10H2,1,3H3. The maximum Gasteiger partial charge on any atom is 0.179 e. The van der Waals surface area contributed by atoms with Gasteiger partial charge in [0.15, 0.2) is 8.07 Å². The molecule has 0 saturated carbocycles. The highest BCUT2D eigenvalue weighted by Crippen LogP contribution is 2.11. The fraction of sp³-hybridized carbons (Fsp3) is 0.333. The van der Waals surface area contributed by atoms with Crippen LogP contribution < -0.4 is 9.92 Å². The van der Waals surface area contributed by atoms with E-state index in [2.05, 4.69) is 12.1 Å². The molecule has 0 spiro atoms. The molecule has 1 nitrogen and oxygen atoms in total. The highest BCUT2D eigenvalue weighted by Gasteiger charge is 2.26. The van der Waals surface area contributed by atoms with Crippen molar-refractivity contribution < 1.29 is 4.74 Å². The summed E-state index contributed by atoms with van der Waals surface area (Å²) in [6.45, 7) is 4.74. The van der Waals surface area contributed by atoms with Crippen molar-refractivity contribution in [1.82, 2.24) is 0 Å². The van der Waals surface area contributed by atoms with Gasteiger partial charge in [-0.15, -0.1) is 23.6 Å². The van der Waals surface area contributed by atoms with E-state index in [-0.39, 0.29) is 0 Å². The van der Waals surface area contributed by atoms with E-state index in [4.69, 9.17) is 22.8 Å². The normalized spacial score (nSPS) is 14.0. The monoisotopic (exact) mass is 238 g/mol. The highest BCUT2D eigenvalue weighted by atomic mass is 35.5. The molecule has 0 saturated heterocycles. The SMILES string of the molecule is C#C[Si](C)(CCl)c1ccc(OCC)cc1. The summed E-state index contributed by atoms with van der Waals surface area (Å²) in [5.74, 6) is 0.879. The number of hydrogen-bond acceptors (Lipinski definition) is 1. The predicted octanol–water partition coefficient (Wildman–Crippen LogP) is 2.32. The topological polar surface area (TPSA) is 9.23 Å². The molecule has 0 aliphatic carbocycles. The first-order chi connectivity index (χ1) is 7.16. The van der Waals surface area contributed by atoms with Crippen LogP contribution in [-0.4, -0.2) is 20.2 Å². The molecule has 1 unspecified atom stereocenters. The summed E-state index contributed by atoms with van der Waals surface area (Å²) in [6.07, 6.45) is 5.54. The average molecular weight is 239 g/mol. The van der Waals surface area contributed by atoms with Gasteiger partial charge in [-0.1, -0.05) is 18.7 Å². The Kier molecular flexibility index (Phi) is 4.25. The summed E-state index contributed by atoms with van der Waals surface area (Å²) in [5.41, 5.74) is 3.42. The van der Waals surface area contributed by atoms with E-state index in [0.29, 0.717) is 12.1 Å². The molecule has 0 bridgehead atoms. The van der Waals surface area contributed by atoms with E-state index in [1.807, 2.05) is 31.2 Å². The molecule has 0 aliphatic heterocycles. The molecular formula is C12H15ClOSi. The van der Waals surface area contributed by atoms with Crippen molar-refractivity contribution in [1.29, 1.82) is 0 Å². The Hall–Kier alpha value is -0.913. The van der Waals surface area contributed by atoms with Crippen molar-refractivity contribution in [2.24, 2.45) is 0 Å². The van der Waals surface area contributed by atoms with Gasteiger partial charge in [-0.3, -0.25) is 0 Å². The maximum absolute atomic E-state index is 5.93. The predicted molar refractivity (Wildman–Crippen MR) is 68.4 cm³/mol. The zero-order valence-electron chi connectivity index (χ0n) is 9.09. The zero-order valence-corrected chi connectivity index (χ0v) is 10.8. The van der Waals surface area contributed by atoms with Crippen LogP contribution in [0.5, 0.6) is 5.75 Å². The second-order valence-electron chi connectivity index (χ2n) is 3.57. The van der Waals surface area contributed by atoms with E-state index in [9.17, 15) is 0 Å². The minimum atomic E-state index is -1.88. The van der Waals surface area contributed by atoms with Crippen molar-refractivity contribution in [2.45, 2.75) is 13.5 Å². The lowest BCUT2D eigenvalue weighted by Gasteiger charge is -2.18. The summed E-state index contributed by atoms with van der Waals surface area (Å²) >= 11 is 5.93. The molecule has 15 heavy (non-hydrogen) atoms. The quantitative estimate of drug-likeness (QED) is 0.445. The lowest BCUT2D eigenvalue weighted by molar-refractivity contribution is 0.340. The minimum absolute atomic E-state index is 0.553. The van der Waals surface area contributed by atoms with Gasteiger partial charge >= 0.3 is 0 Å². The van der Waals surface area contributed by atoms with Crippen LogP contribution in [0.3, 0.4) is 0 Å². The zero-order chi connectivity index (χ0) is 11.3. The second-order valence-corrected chi connectivity index (χ2v) is 8.17. The van der Waals surface area contributed by atoms with E-state index >= 15 is 0 Å². The van der Waals surface area contributed by atoms with Gasteiger partial charge in [0.25, 0.3) is 0 Å². The number of halogens is 1. The molecule has 0 aromatic heterocycles. The van der Waals surface area contributed by atoms with Crippen LogP contribution in [0.1, 0.15) is 6.92 Å². The van der Waals surface area contributed by atoms with E-state index in [1.165, 1.54) is 5.19 Å². The van der Waals surface area contributed by atoms with Gasteiger partial charge in [0.1, 0.15) is 5.75 Å². The molecule has 0 radical (unpaired) electrons. The molecule has 0 fully saturated rings. The van der Waals surface area contributed by atoms with Gasteiger partial charge < -0.3 is 4.74 Å². The molecule has 1 aromatic carbocycles. The summed E-state index contributed by atoms with van der Waals surface area (Å²) in [4.78, 5) is 0. The smallest absolute Gasteiger partial charge is 0.179 e. The van der Waals surface area contributed by atoms with Crippen LogP contribution in [0.2, 0.25) is 6.55 Å². The molecule has 1 rings (SSSR count). The number of terminal acetylenes is 1. The molecule has 1 aromatic rings. The fourth-order valence-corrected chi connectivity index (χ4v) is 3.28. The molecule has 0 heterocycles. The first kappa shape index (κ1) is 12.2. The summed E-state index contributed by atoms with van der Waals surface area (Å²) in [7, 11) is -1.88. The number of hydrogen-bond donors (Lipinski definition) is 0. The largest absolute Gasteiger partial charge is 0.494 e. The second kappa shape index (κ2) is 5.25. The summed E-state index contributed by atoms with van der Waals surface area (Å²) in [6, 6.07) is 7.96. The summed E-state index contributed by atoms with van der Waals surface area (Å²) < 4.78 is 5.37. The Morgan fingerprint density at radius 2 is 2.00 bits per heavy atom. The number of ether oxygens (including phenoxy) is 1. The third kappa shape index (κ3) is 2.77. The third-order valence-electron chi connectivity index (χ3n) is 2.39. The minimum Gasteiger partial charge on any atom is -0.494 e. The Morgan fingerprint density at radius 1 is 1.40 bits per heavy atom. The molecular weight excluding hydrogens is 224 g/mol. The van der Waals surface area contributed by atoms with Crippen LogP contribution in [0, 0.1) is 12.0 Å². The van der Waals surface area contributed by atoms with Crippen molar-refractivity contribution in [3.05, 3.63) is 24.3 Å². The van der Waals surface area contributed by atoms with Gasteiger partial charge in [-0.2, -0.15) is 0 Å². The van der Waals surface area contributed by atoms with E-state index < -0.39 is 8.07 Å². The lowest BCUT2D eigenvalue weighted by atomic mass is 10.3. The summed E-state index contributed by atoms with van der Waals surface area (Å²) in [5, 5.41) is 1.18. The van der Waals surface area contributed by atoms with Crippen LogP contribution in [0.4, 0.5) is 0 Å².